The zero-order valence-corrected chi connectivity index (χ0v) is 13.3. The van der Waals surface area contributed by atoms with Crippen LogP contribution in [0.25, 0.3) is 0 Å². The lowest BCUT2D eigenvalue weighted by molar-refractivity contribution is -0.608. The molecule has 0 spiro atoms. The number of methoxy groups -OCH3 is 1. The van der Waals surface area contributed by atoms with Crippen molar-refractivity contribution in [2.45, 2.75) is 26.3 Å². The van der Waals surface area contributed by atoms with Gasteiger partial charge in [0, 0.05) is 12.1 Å². The Hall–Kier alpha value is -2.64. The molecule has 0 bridgehead atoms. The number of ether oxygens (including phenoxy) is 2. The summed E-state index contributed by atoms with van der Waals surface area (Å²) in [4.78, 5) is 35.2. The van der Waals surface area contributed by atoms with Crippen molar-refractivity contribution >= 4 is 17.8 Å². The smallest absolute Gasteiger partial charge is 0.405 e. The second kappa shape index (κ2) is 8.72. The maximum atomic E-state index is 11.8. The first-order chi connectivity index (χ1) is 10.9. The summed E-state index contributed by atoms with van der Waals surface area (Å²) in [6.07, 6.45) is 1.80. The van der Waals surface area contributed by atoms with Crippen molar-refractivity contribution in [1.82, 2.24) is 5.32 Å². The Morgan fingerprint density at radius 3 is 2.61 bits per heavy atom. The van der Waals surface area contributed by atoms with Crippen LogP contribution in [-0.2, 0) is 19.1 Å². The van der Waals surface area contributed by atoms with Crippen molar-refractivity contribution in [3.05, 3.63) is 35.3 Å². The SMILES string of the molecule is CC[C@@H](C)[C@@H](NC(=O)COC(=O)c1cccc[n+]1[O-])C(=O)OC. The van der Waals surface area contributed by atoms with E-state index in [9.17, 15) is 19.6 Å². The van der Waals surface area contributed by atoms with Gasteiger partial charge in [-0.1, -0.05) is 20.3 Å². The Morgan fingerprint density at radius 1 is 1.35 bits per heavy atom. The van der Waals surface area contributed by atoms with Crippen LogP contribution in [-0.4, -0.2) is 37.6 Å². The third-order valence-electron chi connectivity index (χ3n) is 3.35. The third kappa shape index (κ3) is 5.24. The van der Waals surface area contributed by atoms with E-state index in [1.807, 2.05) is 6.92 Å². The minimum absolute atomic E-state index is 0.139. The van der Waals surface area contributed by atoms with E-state index in [-0.39, 0.29) is 11.6 Å². The predicted molar refractivity (Wildman–Crippen MR) is 79.1 cm³/mol. The molecule has 0 aromatic carbocycles. The fourth-order valence-electron chi connectivity index (χ4n) is 1.80. The summed E-state index contributed by atoms with van der Waals surface area (Å²) in [5.74, 6) is -2.28. The van der Waals surface area contributed by atoms with E-state index in [0.29, 0.717) is 11.2 Å². The van der Waals surface area contributed by atoms with Gasteiger partial charge in [-0.3, -0.25) is 4.79 Å². The molecule has 1 heterocycles. The molecule has 0 saturated carbocycles. The van der Waals surface area contributed by atoms with Crippen LogP contribution in [0.15, 0.2) is 24.4 Å². The first-order valence-electron chi connectivity index (χ1n) is 7.13. The number of carbonyl (C=O) groups is 3. The van der Waals surface area contributed by atoms with Gasteiger partial charge in [0.1, 0.15) is 6.04 Å². The molecule has 1 N–H and O–H groups in total. The van der Waals surface area contributed by atoms with Gasteiger partial charge in [-0.15, -0.1) is 0 Å². The highest BCUT2D eigenvalue weighted by molar-refractivity contribution is 5.89. The Morgan fingerprint density at radius 2 is 2.04 bits per heavy atom. The van der Waals surface area contributed by atoms with Crippen molar-refractivity contribution in [2.75, 3.05) is 13.7 Å². The van der Waals surface area contributed by atoms with Crippen molar-refractivity contribution in [2.24, 2.45) is 5.92 Å². The van der Waals surface area contributed by atoms with E-state index in [1.165, 1.54) is 25.3 Å². The number of aromatic nitrogens is 1. The quantitative estimate of drug-likeness (QED) is 0.435. The van der Waals surface area contributed by atoms with E-state index in [1.54, 1.807) is 6.92 Å². The van der Waals surface area contributed by atoms with Crippen molar-refractivity contribution < 1.29 is 28.6 Å². The minimum Gasteiger partial charge on any atom is -0.618 e. The Bertz CT molecular complexity index is 575. The maximum absolute atomic E-state index is 11.8. The molecule has 0 saturated heterocycles. The Balaban J connectivity index is 2.60. The topological polar surface area (TPSA) is 109 Å². The largest absolute Gasteiger partial charge is 0.618 e. The summed E-state index contributed by atoms with van der Waals surface area (Å²) in [7, 11) is 1.23. The number of rotatable bonds is 7. The van der Waals surface area contributed by atoms with Crippen LogP contribution in [0.2, 0.25) is 0 Å². The number of esters is 2. The van der Waals surface area contributed by atoms with Crippen LogP contribution in [0, 0.1) is 11.1 Å². The monoisotopic (exact) mass is 324 g/mol. The number of hydrogen-bond donors (Lipinski definition) is 1. The summed E-state index contributed by atoms with van der Waals surface area (Å²) in [5.41, 5.74) is -0.230. The van der Waals surface area contributed by atoms with Crippen LogP contribution < -0.4 is 10.0 Å². The Labute approximate surface area is 134 Å². The lowest BCUT2D eigenvalue weighted by atomic mass is 9.99. The average molecular weight is 324 g/mol. The van der Waals surface area contributed by atoms with Crippen LogP contribution in [0.3, 0.4) is 0 Å². The van der Waals surface area contributed by atoms with Gasteiger partial charge >= 0.3 is 17.6 Å². The molecule has 0 aliphatic carbocycles. The summed E-state index contributed by atoms with van der Waals surface area (Å²) in [5, 5.41) is 13.9. The highest BCUT2D eigenvalue weighted by Crippen LogP contribution is 2.09. The average Bonchev–Trinajstić information content (AvgIpc) is 2.56. The molecule has 0 radical (unpaired) electrons. The van der Waals surface area contributed by atoms with Crippen LogP contribution >= 0.6 is 0 Å². The van der Waals surface area contributed by atoms with E-state index in [0.717, 1.165) is 6.20 Å². The van der Waals surface area contributed by atoms with Gasteiger partial charge in [0.05, 0.1) is 7.11 Å². The number of nitrogens with one attached hydrogen (secondary N) is 1. The summed E-state index contributed by atoms with van der Waals surface area (Å²) in [6, 6.07) is 3.42. The van der Waals surface area contributed by atoms with Gasteiger partial charge in [-0.2, -0.15) is 4.73 Å². The van der Waals surface area contributed by atoms with E-state index < -0.39 is 30.5 Å². The van der Waals surface area contributed by atoms with E-state index in [2.05, 4.69) is 10.1 Å². The zero-order valence-electron chi connectivity index (χ0n) is 13.3. The van der Waals surface area contributed by atoms with Gasteiger partial charge in [0.2, 0.25) is 0 Å². The fourth-order valence-corrected chi connectivity index (χ4v) is 1.80. The molecule has 0 aliphatic heterocycles. The van der Waals surface area contributed by atoms with Gasteiger partial charge < -0.3 is 20.0 Å². The van der Waals surface area contributed by atoms with E-state index >= 15 is 0 Å². The standard InChI is InChI=1S/C15H20N2O6/c1-4-10(2)13(15(20)22-3)16-12(18)9-23-14(19)11-7-5-6-8-17(11)21/h5-8,10,13H,4,9H2,1-3H3,(H,16,18)/t10-,13-/m1/s1. The van der Waals surface area contributed by atoms with Crippen molar-refractivity contribution in [1.29, 1.82) is 0 Å². The highest BCUT2D eigenvalue weighted by Gasteiger charge is 2.27. The molecule has 1 amide bonds. The first-order valence-corrected chi connectivity index (χ1v) is 7.13. The molecule has 0 unspecified atom stereocenters. The minimum atomic E-state index is -0.922. The number of pyridine rings is 1. The molecular formula is C15H20N2O6. The molecule has 0 aliphatic rings. The maximum Gasteiger partial charge on any atom is 0.405 e. The molecule has 1 aromatic heterocycles. The molecule has 1 aromatic rings. The van der Waals surface area contributed by atoms with Crippen LogP contribution in [0.5, 0.6) is 0 Å². The van der Waals surface area contributed by atoms with Crippen LogP contribution in [0.4, 0.5) is 0 Å². The molecule has 1 rings (SSSR count). The highest BCUT2D eigenvalue weighted by atomic mass is 16.5. The number of carbonyl (C=O) groups excluding carboxylic acids is 3. The fraction of sp³-hybridized carbons (Fsp3) is 0.467. The normalized spacial score (nSPS) is 12.8. The number of hydrogen-bond acceptors (Lipinski definition) is 6. The van der Waals surface area contributed by atoms with E-state index in [4.69, 9.17) is 4.74 Å². The summed E-state index contributed by atoms with van der Waals surface area (Å²) in [6.45, 7) is 3.06. The lowest BCUT2D eigenvalue weighted by Gasteiger charge is -2.21. The molecule has 8 nitrogen and oxygen atoms in total. The second-order valence-corrected chi connectivity index (χ2v) is 4.94. The molecule has 2 atom stereocenters. The molecular weight excluding hydrogens is 304 g/mol. The van der Waals surface area contributed by atoms with Gasteiger partial charge in [0.25, 0.3) is 5.91 Å². The zero-order chi connectivity index (χ0) is 17.4. The van der Waals surface area contributed by atoms with Gasteiger partial charge in [-0.25, -0.2) is 9.59 Å². The predicted octanol–water partition coefficient (Wildman–Crippen LogP) is 0.181. The summed E-state index contributed by atoms with van der Waals surface area (Å²) >= 11 is 0. The molecule has 8 heteroatoms. The Kier molecular flexibility index (Phi) is 6.98. The first kappa shape index (κ1) is 18.4. The van der Waals surface area contributed by atoms with Crippen LogP contribution in [0.1, 0.15) is 30.8 Å². The summed E-state index contributed by atoms with van der Waals surface area (Å²) < 4.78 is 9.76. The molecule has 126 valence electrons. The number of nitrogens with zero attached hydrogens (tertiary/aromatic N) is 1. The van der Waals surface area contributed by atoms with Gasteiger partial charge in [0.15, 0.2) is 12.8 Å². The molecule has 0 fully saturated rings. The lowest BCUT2D eigenvalue weighted by Crippen LogP contribution is -2.47. The molecule has 23 heavy (non-hydrogen) atoms. The van der Waals surface area contributed by atoms with Crippen molar-refractivity contribution in [3.8, 4) is 0 Å². The second-order valence-electron chi connectivity index (χ2n) is 4.94. The van der Waals surface area contributed by atoms with Crippen molar-refractivity contribution in [3.63, 3.8) is 0 Å². The number of amides is 1. The third-order valence-corrected chi connectivity index (χ3v) is 3.35. The van der Waals surface area contributed by atoms with Gasteiger partial charge in [-0.05, 0) is 12.0 Å².